The number of rotatable bonds is 3. The fraction of sp³-hybridized carbons (Fsp3) is 0.250. The van der Waals surface area contributed by atoms with Gasteiger partial charge in [0, 0.05) is 24.9 Å². The molecule has 0 bridgehead atoms. The van der Waals surface area contributed by atoms with E-state index in [-0.39, 0.29) is 0 Å². The van der Waals surface area contributed by atoms with Crippen LogP contribution in [-0.2, 0) is 7.05 Å². The third-order valence-corrected chi connectivity index (χ3v) is 2.47. The molecule has 0 radical (unpaired) electrons. The lowest BCUT2D eigenvalue weighted by molar-refractivity contribution is -0.657. The number of anilines is 1. The van der Waals surface area contributed by atoms with Gasteiger partial charge in [-0.15, -0.1) is 0 Å². The molecule has 1 N–H and O–H groups in total. The number of azo groups is 1. The summed E-state index contributed by atoms with van der Waals surface area (Å²) in [5.74, 6) is 0.724. The Morgan fingerprint density at radius 3 is 2.35 bits per heavy atom. The Morgan fingerprint density at radius 1 is 1.12 bits per heavy atom. The van der Waals surface area contributed by atoms with Gasteiger partial charge in [-0.1, -0.05) is 5.11 Å². The van der Waals surface area contributed by atoms with Gasteiger partial charge in [-0.25, -0.2) is 9.55 Å². The quantitative estimate of drug-likeness (QED) is 0.638. The smallest absolute Gasteiger partial charge is 0.378 e. The first-order valence-electron chi connectivity index (χ1n) is 5.39. The van der Waals surface area contributed by atoms with Crippen LogP contribution in [0, 0.1) is 0 Å². The first-order valence-corrected chi connectivity index (χ1v) is 5.39. The van der Waals surface area contributed by atoms with Gasteiger partial charge < -0.3 is 4.90 Å². The van der Waals surface area contributed by atoms with Crippen molar-refractivity contribution in [3.63, 3.8) is 0 Å². The Morgan fingerprint density at radius 2 is 1.82 bits per heavy atom. The molecule has 0 spiro atoms. The molecule has 0 unspecified atom stereocenters. The zero-order chi connectivity index (χ0) is 12.3. The molecule has 1 aromatic carbocycles. The van der Waals surface area contributed by atoms with Crippen LogP contribution in [0.15, 0.2) is 46.9 Å². The molecule has 1 heterocycles. The van der Waals surface area contributed by atoms with E-state index in [1.165, 1.54) is 0 Å². The van der Waals surface area contributed by atoms with Crippen molar-refractivity contribution in [3.05, 3.63) is 36.7 Å². The molecular formula is C12H16N5+. The van der Waals surface area contributed by atoms with Crippen LogP contribution >= 0.6 is 0 Å². The maximum absolute atomic E-state index is 4.16. The standard InChI is InChI=1S/C12H15N5/c1-16(2)11-6-4-10(5-7-11)14-15-12-13-8-9-17(12)3/h4-9H,1-3H3/p+1. The summed E-state index contributed by atoms with van der Waals surface area (Å²) in [6, 6.07) is 7.93. The van der Waals surface area contributed by atoms with Crippen LogP contribution in [0.25, 0.3) is 0 Å². The molecule has 0 atom stereocenters. The van der Waals surface area contributed by atoms with E-state index in [2.05, 4.69) is 15.2 Å². The summed E-state index contributed by atoms with van der Waals surface area (Å²) in [4.78, 5) is 5.05. The highest BCUT2D eigenvalue weighted by atomic mass is 15.2. The Balaban J connectivity index is 2.14. The lowest BCUT2D eigenvalue weighted by Gasteiger charge is -2.11. The molecule has 0 aliphatic carbocycles. The van der Waals surface area contributed by atoms with Crippen molar-refractivity contribution in [1.29, 1.82) is 0 Å². The molecule has 0 aliphatic heterocycles. The van der Waals surface area contributed by atoms with Gasteiger partial charge in [0.25, 0.3) is 0 Å². The van der Waals surface area contributed by atoms with Crippen LogP contribution < -0.4 is 9.47 Å². The second-order valence-electron chi connectivity index (χ2n) is 4.01. The van der Waals surface area contributed by atoms with Gasteiger partial charge in [0.2, 0.25) is 0 Å². The van der Waals surface area contributed by atoms with Gasteiger partial charge in [-0.3, -0.25) is 0 Å². The van der Waals surface area contributed by atoms with Gasteiger partial charge in [-0.05, 0) is 24.3 Å². The maximum Gasteiger partial charge on any atom is 0.418 e. The highest BCUT2D eigenvalue weighted by Crippen LogP contribution is 2.19. The Kier molecular flexibility index (Phi) is 3.18. The molecule has 0 aliphatic rings. The number of benzene rings is 1. The minimum absolute atomic E-state index is 0.724. The summed E-state index contributed by atoms with van der Waals surface area (Å²) in [7, 11) is 5.94. The summed E-state index contributed by atoms with van der Waals surface area (Å²) in [6.45, 7) is 0. The second kappa shape index (κ2) is 4.78. The van der Waals surface area contributed by atoms with Crippen LogP contribution in [0.1, 0.15) is 0 Å². The molecule has 2 aromatic rings. The van der Waals surface area contributed by atoms with E-state index < -0.39 is 0 Å². The molecule has 0 fully saturated rings. The predicted octanol–water partition coefficient (Wildman–Crippen LogP) is 2.32. The van der Waals surface area contributed by atoms with Crippen LogP contribution in [0.5, 0.6) is 0 Å². The minimum Gasteiger partial charge on any atom is -0.378 e. The molecule has 0 saturated carbocycles. The topological polar surface area (TPSA) is 47.6 Å². The van der Waals surface area contributed by atoms with E-state index in [4.69, 9.17) is 0 Å². The number of hydrogen-bond acceptors (Lipinski definition) is 3. The summed E-state index contributed by atoms with van der Waals surface area (Å²) in [5, 5.41) is 8.29. The average molecular weight is 230 g/mol. The number of aromatic amines is 1. The van der Waals surface area contributed by atoms with Crippen LogP contribution in [-0.4, -0.2) is 19.1 Å². The number of nitrogens with one attached hydrogen (secondary N) is 1. The SMILES string of the molecule is CN(C)c1ccc(N=Nc2[nH]cc[n+]2C)cc1. The van der Waals surface area contributed by atoms with Crippen LogP contribution in [0.2, 0.25) is 0 Å². The summed E-state index contributed by atoms with van der Waals surface area (Å²) in [6.07, 6.45) is 3.72. The fourth-order valence-electron chi connectivity index (χ4n) is 1.42. The Labute approximate surface area is 100 Å². The average Bonchev–Trinajstić information content (AvgIpc) is 2.73. The first-order chi connectivity index (χ1) is 8.16. The van der Waals surface area contributed by atoms with Crippen molar-refractivity contribution in [3.8, 4) is 0 Å². The molecule has 88 valence electrons. The van der Waals surface area contributed by atoms with Crippen molar-refractivity contribution >= 4 is 17.3 Å². The summed E-state index contributed by atoms with van der Waals surface area (Å²) >= 11 is 0. The van der Waals surface area contributed by atoms with Crippen LogP contribution in [0.3, 0.4) is 0 Å². The highest BCUT2D eigenvalue weighted by molar-refractivity contribution is 5.51. The van der Waals surface area contributed by atoms with Gasteiger partial charge in [0.15, 0.2) is 0 Å². The number of H-pyrrole nitrogens is 1. The molecule has 0 amide bonds. The zero-order valence-electron chi connectivity index (χ0n) is 10.3. The van der Waals surface area contributed by atoms with Crippen molar-refractivity contribution in [2.45, 2.75) is 0 Å². The lowest BCUT2D eigenvalue weighted by Crippen LogP contribution is -2.24. The first kappa shape index (κ1) is 11.3. The van der Waals surface area contributed by atoms with E-state index in [1.54, 1.807) is 0 Å². The monoisotopic (exact) mass is 230 g/mol. The normalized spacial score (nSPS) is 11.0. The fourth-order valence-corrected chi connectivity index (χ4v) is 1.42. The third kappa shape index (κ3) is 2.69. The summed E-state index contributed by atoms with van der Waals surface area (Å²) < 4.78 is 1.87. The number of hydrogen-bond donors (Lipinski definition) is 1. The van der Waals surface area contributed by atoms with Crippen molar-refractivity contribution in [1.82, 2.24) is 4.98 Å². The molecular weight excluding hydrogens is 214 g/mol. The number of imidazole rings is 1. The lowest BCUT2D eigenvalue weighted by atomic mass is 10.3. The van der Waals surface area contributed by atoms with E-state index in [0.29, 0.717) is 0 Å². The van der Waals surface area contributed by atoms with Crippen molar-refractivity contribution in [2.24, 2.45) is 17.3 Å². The largest absolute Gasteiger partial charge is 0.418 e. The molecule has 17 heavy (non-hydrogen) atoms. The zero-order valence-corrected chi connectivity index (χ0v) is 10.3. The third-order valence-electron chi connectivity index (χ3n) is 2.47. The van der Waals surface area contributed by atoms with Gasteiger partial charge in [-0.2, -0.15) is 0 Å². The molecule has 0 saturated heterocycles. The Bertz CT molecular complexity index is 510. The maximum atomic E-state index is 4.16. The number of aryl methyl sites for hydroxylation is 1. The molecule has 2 rings (SSSR count). The predicted molar refractivity (Wildman–Crippen MR) is 66.9 cm³/mol. The minimum atomic E-state index is 0.724. The van der Waals surface area contributed by atoms with Gasteiger partial charge >= 0.3 is 5.95 Å². The number of aromatic nitrogens is 2. The van der Waals surface area contributed by atoms with E-state index in [9.17, 15) is 0 Å². The number of nitrogens with zero attached hydrogens (tertiary/aromatic N) is 4. The summed E-state index contributed by atoms with van der Waals surface area (Å²) in [5.41, 5.74) is 1.99. The van der Waals surface area contributed by atoms with Crippen LogP contribution in [0.4, 0.5) is 17.3 Å². The van der Waals surface area contributed by atoms with Crippen molar-refractivity contribution in [2.75, 3.05) is 19.0 Å². The van der Waals surface area contributed by atoms with Gasteiger partial charge in [0.1, 0.15) is 5.69 Å². The van der Waals surface area contributed by atoms with E-state index in [1.807, 2.05) is 67.3 Å². The second-order valence-corrected chi connectivity index (χ2v) is 4.01. The van der Waals surface area contributed by atoms with E-state index in [0.717, 1.165) is 17.3 Å². The van der Waals surface area contributed by atoms with Crippen molar-refractivity contribution < 1.29 is 4.57 Å². The molecule has 5 nitrogen and oxygen atoms in total. The molecule has 5 heteroatoms. The van der Waals surface area contributed by atoms with E-state index >= 15 is 0 Å². The highest BCUT2D eigenvalue weighted by Gasteiger charge is 2.04. The molecule has 1 aromatic heterocycles. The van der Waals surface area contributed by atoms with Gasteiger partial charge in [0.05, 0.1) is 19.4 Å². The Hall–Kier alpha value is -2.17.